The number of hydrogen-bond acceptors (Lipinski definition) is 2. The summed E-state index contributed by atoms with van der Waals surface area (Å²) in [5.74, 6) is 0. The van der Waals surface area contributed by atoms with Crippen molar-refractivity contribution in [1.82, 2.24) is 0 Å². The fourth-order valence-corrected chi connectivity index (χ4v) is 0. The quantitative estimate of drug-likeness (QED) is 0.385. The third-order valence-corrected chi connectivity index (χ3v) is 0. The van der Waals surface area contributed by atoms with Gasteiger partial charge in [0.15, 0.2) is 0 Å². The topological polar surface area (TPSA) is 34.1 Å². The molecule has 0 aromatic carbocycles. The second-order valence-corrected chi connectivity index (χ2v) is 0. The molecule has 0 N–H and O–H groups in total. The molecule has 4 heteroatoms. The number of rotatable bonds is 0. The van der Waals surface area contributed by atoms with E-state index in [4.69, 9.17) is 8.04 Å². The molecule has 0 aliphatic carbocycles. The molecule has 0 amide bonds. The second kappa shape index (κ2) is 106. The van der Waals surface area contributed by atoms with Gasteiger partial charge >= 0.3 is 21.8 Å². The molecule has 0 aliphatic heterocycles. The van der Waals surface area contributed by atoms with Gasteiger partial charge in [0.05, 0.1) is 0 Å². The van der Waals surface area contributed by atoms with Gasteiger partial charge in [0.1, 0.15) is 0 Å². The second-order valence-electron chi connectivity index (χ2n) is 0. The molecule has 0 saturated carbocycles. The predicted molar refractivity (Wildman–Crippen MR) is 9.92 cm³/mol. The van der Waals surface area contributed by atoms with E-state index in [2.05, 4.69) is 0 Å². The Labute approximate surface area is 37.0 Å². The third-order valence-electron chi connectivity index (χ3n) is 0. The van der Waals surface area contributed by atoms with Crippen LogP contribution in [0.4, 0.5) is 0 Å². The Bertz CT molecular complexity index is 8.00. The molecular formula is H2O2SiZn. The van der Waals surface area contributed by atoms with Gasteiger partial charge in [0, 0.05) is 0 Å². The van der Waals surface area contributed by atoms with Crippen LogP contribution in [0.2, 0.25) is 0 Å². The molecule has 0 fully saturated rings. The summed E-state index contributed by atoms with van der Waals surface area (Å²) in [5, 5.41) is 0. The van der Waals surface area contributed by atoms with E-state index in [9.17, 15) is 0 Å². The van der Waals surface area contributed by atoms with E-state index < -0.39 is 0 Å². The van der Waals surface area contributed by atoms with Crippen molar-refractivity contribution in [3.63, 3.8) is 0 Å². The Kier molecular flexibility index (Phi) is 233. The fourth-order valence-electron chi connectivity index (χ4n) is 0. The van der Waals surface area contributed by atoms with E-state index in [1.165, 1.54) is 0 Å². The fraction of sp³-hybridized carbons (Fsp3) is 0. The van der Waals surface area contributed by atoms with Crippen LogP contribution in [0.25, 0.3) is 0 Å². The summed E-state index contributed by atoms with van der Waals surface area (Å²) in [6, 6.07) is 0. The molecule has 20 valence electrons. The molecule has 0 unspecified atom stereocenters. The van der Waals surface area contributed by atoms with Gasteiger partial charge < -0.3 is 4.46 Å². The Balaban J connectivity index is 0. The van der Waals surface area contributed by atoms with Crippen molar-refractivity contribution in [2.75, 3.05) is 0 Å². The first-order chi connectivity index (χ1) is 2.00. The SMILES string of the molecule is O=[SiH2].[O]=[Zn]. The third kappa shape index (κ3) is 26.1. The van der Waals surface area contributed by atoms with Gasteiger partial charge in [-0.25, -0.2) is 0 Å². The zero-order chi connectivity index (χ0) is 4.00. The van der Waals surface area contributed by atoms with E-state index in [0.717, 1.165) is 0 Å². The Morgan fingerprint density at radius 1 is 1.25 bits per heavy atom. The van der Waals surface area contributed by atoms with Gasteiger partial charge in [-0.15, -0.1) is 0 Å². The maximum absolute atomic E-state index is 8.38. The van der Waals surface area contributed by atoms with Gasteiger partial charge in [0.2, 0.25) is 10.1 Å². The number of hydrogen-bond donors (Lipinski definition) is 0. The summed E-state index contributed by atoms with van der Waals surface area (Å²) in [6.45, 7) is 0. The Morgan fingerprint density at radius 3 is 1.25 bits per heavy atom. The molecule has 2 nitrogen and oxygen atoms in total. The predicted octanol–water partition coefficient (Wildman–Crippen LogP) is -1.16. The first-order valence-electron chi connectivity index (χ1n) is 0.577. The van der Waals surface area contributed by atoms with Crippen LogP contribution in [0.1, 0.15) is 0 Å². The summed E-state index contributed by atoms with van der Waals surface area (Å²) in [6.07, 6.45) is 0. The van der Waals surface area contributed by atoms with Crippen LogP contribution in [0.15, 0.2) is 0 Å². The molecule has 4 heavy (non-hydrogen) atoms. The van der Waals surface area contributed by atoms with Gasteiger partial charge in [-0.3, -0.25) is 0 Å². The first-order valence-corrected chi connectivity index (χ1v) is 2.37. The Hall–Kier alpha value is 0.440. The summed E-state index contributed by atoms with van der Waals surface area (Å²) in [7, 11) is 0.611. The monoisotopic (exact) mass is 126 g/mol. The van der Waals surface area contributed by atoms with Crippen LogP contribution < -0.4 is 0 Å². The van der Waals surface area contributed by atoms with Crippen molar-refractivity contribution >= 4 is 10.1 Å². The van der Waals surface area contributed by atoms with Crippen LogP contribution in [0.5, 0.6) is 0 Å². The van der Waals surface area contributed by atoms with E-state index in [0.29, 0.717) is 10.1 Å². The van der Waals surface area contributed by atoms with Gasteiger partial charge in [-0.2, -0.15) is 0 Å². The van der Waals surface area contributed by atoms with Gasteiger partial charge in [0.25, 0.3) is 0 Å². The minimum absolute atomic E-state index is 0.125. The summed E-state index contributed by atoms with van der Waals surface area (Å²) in [5.41, 5.74) is 0. The Morgan fingerprint density at radius 2 is 1.25 bits per heavy atom. The molecule has 0 heterocycles. The summed E-state index contributed by atoms with van der Waals surface area (Å²) >= 11 is 0.125. The van der Waals surface area contributed by atoms with Crippen LogP contribution in [-0.2, 0) is 26.3 Å². The summed E-state index contributed by atoms with van der Waals surface area (Å²) in [4.78, 5) is 0. The zero-order valence-electron chi connectivity index (χ0n) is 2.23. The molecule has 0 aliphatic rings. The van der Waals surface area contributed by atoms with Crippen molar-refractivity contribution < 1.29 is 26.3 Å². The van der Waals surface area contributed by atoms with E-state index >= 15 is 0 Å². The van der Waals surface area contributed by atoms with E-state index in [-0.39, 0.29) is 18.3 Å². The molecule has 0 spiro atoms. The molecule has 0 rings (SSSR count). The standard InChI is InChI=1S/H2OSi.O.Zn/c1-2;;/h2H2;;. The summed E-state index contributed by atoms with van der Waals surface area (Å²) < 4.78 is 16.7. The van der Waals surface area contributed by atoms with Crippen LogP contribution >= 0.6 is 0 Å². The van der Waals surface area contributed by atoms with Gasteiger partial charge in [-0.05, 0) is 0 Å². The van der Waals surface area contributed by atoms with E-state index in [1.54, 1.807) is 0 Å². The molecule has 0 aromatic heterocycles. The average Bonchev–Trinajstić information content (AvgIpc) is 1.50. The molecular weight excluding hydrogens is 125 g/mol. The molecule has 0 bridgehead atoms. The van der Waals surface area contributed by atoms with Crippen LogP contribution in [-0.4, -0.2) is 10.1 Å². The first kappa shape index (κ1) is 8.83. The van der Waals surface area contributed by atoms with Gasteiger partial charge in [-0.1, -0.05) is 0 Å². The zero-order valence-corrected chi connectivity index (χ0v) is 6.61. The van der Waals surface area contributed by atoms with E-state index in [1.807, 2.05) is 0 Å². The molecule has 0 atom stereocenters. The van der Waals surface area contributed by atoms with Crippen molar-refractivity contribution in [2.45, 2.75) is 0 Å². The van der Waals surface area contributed by atoms with Crippen LogP contribution in [0, 0.1) is 0 Å². The molecule has 0 aromatic rings. The van der Waals surface area contributed by atoms with Crippen molar-refractivity contribution in [3.8, 4) is 0 Å². The van der Waals surface area contributed by atoms with Crippen molar-refractivity contribution in [3.05, 3.63) is 0 Å². The maximum atomic E-state index is 8.38. The average molecular weight is 127 g/mol. The normalized spacial score (nSPS) is 2.50. The molecule has 0 saturated heterocycles. The minimum atomic E-state index is 0.125. The molecule has 0 radical (unpaired) electrons. The van der Waals surface area contributed by atoms with Crippen molar-refractivity contribution in [2.24, 2.45) is 0 Å². The van der Waals surface area contributed by atoms with Crippen molar-refractivity contribution in [1.29, 1.82) is 0 Å². The van der Waals surface area contributed by atoms with Crippen LogP contribution in [0.3, 0.4) is 0 Å².